The lowest BCUT2D eigenvalue weighted by atomic mass is 9.74. The normalized spacial score (nSPS) is 18.1. The number of amides is 3. The summed E-state index contributed by atoms with van der Waals surface area (Å²) in [5.41, 5.74) is 6.57. The number of primary amides is 1. The van der Waals surface area contributed by atoms with Crippen molar-refractivity contribution < 1.29 is 14.3 Å². The van der Waals surface area contributed by atoms with E-state index in [9.17, 15) is 9.59 Å². The van der Waals surface area contributed by atoms with Crippen molar-refractivity contribution in [2.45, 2.75) is 37.6 Å². The van der Waals surface area contributed by atoms with Gasteiger partial charge in [-0.15, -0.1) is 0 Å². The highest BCUT2D eigenvalue weighted by Crippen LogP contribution is 2.35. The summed E-state index contributed by atoms with van der Waals surface area (Å²) < 4.78 is 5.47. The van der Waals surface area contributed by atoms with Crippen molar-refractivity contribution in [3.63, 3.8) is 0 Å². The van der Waals surface area contributed by atoms with Crippen LogP contribution in [0.15, 0.2) is 18.2 Å². The van der Waals surface area contributed by atoms with Crippen LogP contribution in [0.25, 0.3) is 0 Å². The number of nitrogens with two attached hydrogens (primary N) is 1. The number of urea groups is 1. The van der Waals surface area contributed by atoms with Gasteiger partial charge in [0.2, 0.25) is 5.91 Å². The molecule has 1 aromatic rings. The van der Waals surface area contributed by atoms with Crippen molar-refractivity contribution in [2.24, 2.45) is 5.73 Å². The van der Waals surface area contributed by atoms with E-state index in [1.165, 1.54) is 0 Å². The molecule has 0 spiro atoms. The van der Waals surface area contributed by atoms with Crippen LogP contribution < -0.4 is 21.1 Å². The number of nitrogens with one attached hydrogen (secondary N) is 2. The molecule has 2 aliphatic rings. The summed E-state index contributed by atoms with van der Waals surface area (Å²) in [6.45, 7) is 0.640. The Balaban J connectivity index is 1.67. The maximum Gasteiger partial charge on any atom is 0.319 e. The van der Waals surface area contributed by atoms with Crippen molar-refractivity contribution in [1.29, 1.82) is 0 Å². The Morgan fingerprint density at radius 1 is 1.33 bits per heavy atom. The average Bonchev–Trinajstić information content (AvgIpc) is 2.85. The fourth-order valence-electron chi connectivity index (χ4n) is 3.02. The summed E-state index contributed by atoms with van der Waals surface area (Å²) in [6, 6.07) is 5.30. The summed E-state index contributed by atoms with van der Waals surface area (Å²) in [5, 5.41) is 5.77. The fourth-order valence-corrected chi connectivity index (χ4v) is 3.02. The lowest BCUT2D eigenvalue weighted by molar-refractivity contribution is -0.120. The molecule has 3 amide bonds. The maximum atomic E-state index is 12.2. The minimum Gasteiger partial charge on any atom is -0.493 e. The fraction of sp³-hybridized carbons (Fsp3) is 0.467. The van der Waals surface area contributed by atoms with Crippen LogP contribution in [0, 0.1) is 0 Å². The van der Waals surface area contributed by atoms with Gasteiger partial charge in [0.1, 0.15) is 5.75 Å². The summed E-state index contributed by atoms with van der Waals surface area (Å²) in [5.74, 6) is 0.437. The number of hydrogen-bond acceptors (Lipinski definition) is 3. The largest absolute Gasteiger partial charge is 0.493 e. The predicted molar refractivity (Wildman–Crippen MR) is 78.2 cm³/mol. The van der Waals surface area contributed by atoms with Gasteiger partial charge < -0.3 is 21.1 Å². The highest BCUT2D eigenvalue weighted by molar-refractivity contribution is 5.91. The molecule has 0 bridgehead atoms. The van der Waals surface area contributed by atoms with E-state index in [0.717, 1.165) is 42.7 Å². The molecule has 4 N–H and O–H groups in total. The van der Waals surface area contributed by atoms with Crippen LogP contribution in [0.3, 0.4) is 0 Å². The van der Waals surface area contributed by atoms with E-state index < -0.39 is 5.54 Å². The van der Waals surface area contributed by atoms with E-state index in [-0.39, 0.29) is 18.4 Å². The van der Waals surface area contributed by atoms with Crippen LogP contribution in [0.4, 0.5) is 10.5 Å². The standard InChI is InChI=1S/C15H19N3O3/c16-13(19)9-15(6-2-7-15)18-14(20)17-11-3-1-4-12-10(11)5-8-21-12/h1,3-4H,2,5-9H2,(H2,16,19)(H2,17,18,20). The van der Waals surface area contributed by atoms with Gasteiger partial charge in [-0.05, 0) is 31.4 Å². The van der Waals surface area contributed by atoms with E-state index in [4.69, 9.17) is 10.5 Å². The molecular formula is C15H19N3O3. The van der Waals surface area contributed by atoms with E-state index in [1.807, 2.05) is 18.2 Å². The van der Waals surface area contributed by atoms with E-state index in [1.54, 1.807) is 0 Å². The van der Waals surface area contributed by atoms with Gasteiger partial charge in [0.05, 0.1) is 12.1 Å². The second-order valence-corrected chi connectivity index (χ2v) is 5.74. The van der Waals surface area contributed by atoms with Gasteiger partial charge >= 0.3 is 6.03 Å². The molecule has 0 saturated heterocycles. The number of rotatable bonds is 4. The van der Waals surface area contributed by atoms with E-state index in [0.29, 0.717) is 6.61 Å². The molecule has 112 valence electrons. The predicted octanol–water partition coefficient (Wildman–Crippen LogP) is 1.54. The van der Waals surface area contributed by atoms with Crippen molar-refractivity contribution in [3.05, 3.63) is 23.8 Å². The van der Waals surface area contributed by atoms with Gasteiger partial charge in [0.25, 0.3) is 0 Å². The molecule has 1 aromatic carbocycles. The van der Waals surface area contributed by atoms with Crippen LogP contribution in [-0.2, 0) is 11.2 Å². The summed E-state index contributed by atoms with van der Waals surface area (Å²) >= 11 is 0. The first-order valence-electron chi connectivity index (χ1n) is 7.20. The van der Waals surface area contributed by atoms with E-state index >= 15 is 0 Å². The van der Waals surface area contributed by atoms with Gasteiger partial charge in [0.15, 0.2) is 0 Å². The smallest absolute Gasteiger partial charge is 0.319 e. The topological polar surface area (TPSA) is 93.5 Å². The minimum atomic E-state index is -0.468. The van der Waals surface area contributed by atoms with Crippen molar-refractivity contribution in [2.75, 3.05) is 11.9 Å². The van der Waals surface area contributed by atoms with Crippen molar-refractivity contribution in [1.82, 2.24) is 5.32 Å². The van der Waals surface area contributed by atoms with Crippen molar-refractivity contribution >= 4 is 17.6 Å². The number of carbonyl (C=O) groups is 2. The zero-order valence-corrected chi connectivity index (χ0v) is 11.8. The number of benzene rings is 1. The first-order valence-corrected chi connectivity index (χ1v) is 7.20. The summed E-state index contributed by atoms with van der Waals surface area (Å²) in [4.78, 5) is 23.3. The zero-order valence-electron chi connectivity index (χ0n) is 11.8. The third kappa shape index (κ3) is 2.79. The lowest BCUT2D eigenvalue weighted by Gasteiger charge is -2.41. The number of anilines is 1. The van der Waals surface area contributed by atoms with Crippen LogP contribution in [0.2, 0.25) is 0 Å². The van der Waals surface area contributed by atoms with E-state index in [2.05, 4.69) is 10.6 Å². The second kappa shape index (κ2) is 5.27. The summed E-state index contributed by atoms with van der Waals surface area (Å²) in [7, 11) is 0. The SMILES string of the molecule is NC(=O)CC1(NC(=O)Nc2cccc3c2CCO3)CCC1. The first-order chi connectivity index (χ1) is 10.1. The van der Waals surface area contributed by atoms with Gasteiger partial charge in [-0.25, -0.2) is 4.79 Å². The van der Waals surface area contributed by atoms with Crippen LogP contribution in [0.1, 0.15) is 31.2 Å². The lowest BCUT2D eigenvalue weighted by Crippen LogP contribution is -2.56. The monoisotopic (exact) mass is 289 g/mol. The molecule has 3 rings (SSSR count). The number of carbonyl (C=O) groups excluding carboxylic acids is 2. The van der Waals surface area contributed by atoms with Crippen LogP contribution in [0.5, 0.6) is 5.75 Å². The Bertz CT molecular complexity index is 582. The molecule has 6 nitrogen and oxygen atoms in total. The molecule has 0 atom stereocenters. The average molecular weight is 289 g/mol. The quantitative estimate of drug-likeness (QED) is 0.785. The van der Waals surface area contributed by atoms with Gasteiger partial charge in [-0.2, -0.15) is 0 Å². The zero-order chi connectivity index (χ0) is 14.9. The van der Waals surface area contributed by atoms with Gasteiger partial charge in [-0.3, -0.25) is 4.79 Å². The Morgan fingerprint density at radius 2 is 2.14 bits per heavy atom. The molecule has 1 heterocycles. The Kier molecular flexibility index (Phi) is 3.45. The molecule has 1 aliphatic carbocycles. The Hall–Kier alpha value is -2.24. The molecule has 21 heavy (non-hydrogen) atoms. The van der Waals surface area contributed by atoms with Crippen LogP contribution >= 0.6 is 0 Å². The van der Waals surface area contributed by atoms with Crippen LogP contribution in [-0.4, -0.2) is 24.1 Å². The molecular weight excluding hydrogens is 270 g/mol. The molecule has 1 saturated carbocycles. The van der Waals surface area contributed by atoms with Gasteiger partial charge in [-0.1, -0.05) is 6.07 Å². The Morgan fingerprint density at radius 3 is 2.81 bits per heavy atom. The highest BCUT2D eigenvalue weighted by Gasteiger charge is 2.39. The first kappa shape index (κ1) is 13.7. The third-order valence-corrected chi connectivity index (χ3v) is 4.19. The number of hydrogen-bond donors (Lipinski definition) is 3. The minimum absolute atomic E-state index is 0.191. The Labute approximate surface area is 123 Å². The van der Waals surface area contributed by atoms with Gasteiger partial charge in [0, 0.05) is 24.1 Å². The molecule has 0 radical (unpaired) electrons. The third-order valence-electron chi connectivity index (χ3n) is 4.19. The number of fused-ring (bicyclic) bond motifs is 1. The summed E-state index contributed by atoms with van der Waals surface area (Å²) in [6.07, 6.45) is 3.56. The molecule has 1 fully saturated rings. The maximum absolute atomic E-state index is 12.2. The molecule has 1 aliphatic heterocycles. The molecule has 0 unspecified atom stereocenters. The molecule has 6 heteroatoms. The van der Waals surface area contributed by atoms with Crippen molar-refractivity contribution in [3.8, 4) is 5.75 Å². The molecule has 0 aromatic heterocycles. The number of ether oxygens (including phenoxy) is 1. The second-order valence-electron chi connectivity index (χ2n) is 5.74. The highest BCUT2D eigenvalue weighted by atomic mass is 16.5.